The van der Waals surface area contributed by atoms with Crippen LogP contribution in [-0.4, -0.2) is 5.11 Å². The first kappa shape index (κ1) is 12.5. The lowest BCUT2D eigenvalue weighted by atomic mass is 10.0. The van der Waals surface area contributed by atoms with E-state index in [-0.39, 0.29) is 5.82 Å². The standard InChI is InChI=1S/C14H12FIO/c15-12-6-4-10(5-7-12)8-14(17)11-2-1-3-13(16)9-11/h1-7,9,14,17H,8H2. The van der Waals surface area contributed by atoms with Crippen molar-refractivity contribution in [3.63, 3.8) is 0 Å². The van der Waals surface area contributed by atoms with E-state index in [4.69, 9.17) is 0 Å². The molecule has 0 aliphatic rings. The van der Waals surface area contributed by atoms with E-state index in [1.165, 1.54) is 12.1 Å². The summed E-state index contributed by atoms with van der Waals surface area (Å²) >= 11 is 2.21. The minimum absolute atomic E-state index is 0.252. The Labute approximate surface area is 113 Å². The summed E-state index contributed by atoms with van der Waals surface area (Å²) in [6, 6.07) is 14.0. The van der Waals surface area contributed by atoms with E-state index >= 15 is 0 Å². The van der Waals surface area contributed by atoms with E-state index < -0.39 is 6.10 Å². The fraction of sp³-hybridized carbons (Fsp3) is 0.143. The van der Waals surface area contributed by atoms with Gasteiger partial charge in [-0.1, -0.05) is 24.3 Å². The Morgan fingerprint density at radius 2 is 1.82 bits per heavy atom. The third-order valence-electron chi connectivity index (χ3n) is 2.58. The summed E-state index contributed by atoms with van der Waals surface area (Å²) in [6.45, 7) is 0. The van der Waals surface area contributed by atoms with Crippen molar-refractivity contribution >= 4 is 22.6 Å². The number of benzene rings is 2. The van der Waals surface area contributed by atoms with Crippen molar-refractivity contribution in [2.75, 3.05) is 0 Å². The van der Waals surface area contributed by atoms with Gasteiger partial charge < -0.3 is 5.11 Å². The van der Waals surface area contributed by atoms with Crippen molar-refractivity contribution < 1.29 is 9.50 Å². The lowest BCUT2D eigenvalue weighted by molar-refractivity contribution is 0.178. The lowest BCUT2D eigenvalue weighted by Gasteiger charge is -2.11. The first-order valence-electron chi connectivity index (χ1n) is 5.33. The molecule has 2 rings (SSSR count). The quantitative estimate of drug-likeness (QED) is 0.844. The van der Waals surface area contributed by atoms with Gasteiger partial charge >= 0.3 is 0 Å². The molecule has 0 aliphatic heterocycles. The molecule has 1 N–H and O–H groups in total. The fourth-order valence-electron chi connectivity index (χ4n) is 1.68. The molecular formula is C14H12FIO. The largest absolute Gasteiger partial charge is 0.388 e. The molecule has 0 bridgehead atoms. The second-order valence-electron chi connectivity index (χ2n) is 3.90. The maximum absolute atomic E-state index is 12.7. The summed E-state index contributed by atoms with van der Waals surface area (Å²) in [4.78, 5) is 0. The van der Waals surface area contributed by atoms with Crippen molar-refractivity contribution in [3.05, 3.63) is 69.0 Å². The highest BCUT2D eigenvalue weighted by atomic mass is 127. The molecule has 17 heavy (non-hydrogen) atoms. The van der Waals surface area contributed by atoms with Gasteiger partial charge in [0.05, 0.1) is 6.10 Å². The highest BCUT2D eigenvalue weighted by Crippen LogP contribution is 2.20. The van der Waals surface area contributed by atoms with Crippen molar-refractivity contribution in [1.82, 2.24) is 0 Å². The third-order valence-corrected chi connectivity index (χ3v) is 3.25. The highest BCUT2D eigenvalue weighted by Gasteiger charge is 2.08. The van der Waals surface area contributed by atoms with Crippen molar-refractivity contribution in [2.45, 2.75) is 12.5 Å². The second kappa shape index (κ2) is 5.60. The van der Waals surface area contributed by atoms with E-state index in [0.717, 1.165) is 14.7 Å². The molecule has 88 valence electrons. The number of hydrogen-bond acceptors (Lipinski definition) is 1. The van der Waals surface area contributed by atoms with Gasteiger partial charge in [-0.15, -0.1) is 0 Å². The summed E-state index contributed by atoms with van der Waals surface area (Å²) in [6.07, 6.45) is -0.0458. The van der Waals surface area contributed by atoms with E-state index in [2.05, 4.69) is 22.6 Å². The Bertz CT molecular complexity index is 496. The number of rotatable bonds is 3. The van der Waals surface area contributed by atoms with Gasteiger partial charge in [-0.2, -0.15) is 0 Å². The minimum atomic E-state index is -0.546. The van der Waals surface area contributed by atoms with Crippen LogP contribution in [0.3, 0.4) is 0 Å². The minimum Gasteiger partial charge on any atom is -0.388 e. The average Bonchev–Trinajstić information content (AvgIpc) is 2.32. The molecule has 2 aromatic rings. The van der Waals surface area contributed by atoms with Gasteiger partial charge in [-0.3, -0.25) is 0 Å². The van der Waals surface area contributed by atoms with Crippen molar-refractivity contribution in [1.29, 1.82) is 0 Å². The van der Waals surface area contributed by atoms with E-state index in [9.17, 15) is 9.50 Å². The number of halogens is 2. The SMILES string of the molecule is OC(Cc1ccc(F)cc1)c1cccc(I)c1. The summed E-state index contributed by atoms with van der Waals surface area (Å²) in [5, 5.41) is 10.1. The molecule has 0 spiro atoms. The maximum Gasteiger partial charge on any atom is 0.123 e. The summed E-state index contributed by atoms with van der Waals surface area (Å²) in [5.41, 5.74) is 1.82. The molecule has 1 nitrogen and oxygen atoms in total. The number of aliphatic hydroxyl groups excluding tert-OH is 1. The van der Waals surface area contributed by atoms with Gasteiger partial charge in [0.1, 0.15) is 5.82 Å². The summed E-state index contributed by atoms with van der Waals surface area (Å²) < 4.78 is 13.8. The average molecular weight is 342 g/mol. The molecule has 0 heterocycles. The Balaban J connectivity index is 2.11. The van der Waals surface area contributed by atoms with Crippen LogP contribution in [0.1, 0.15) is 17.2 Å². The Morgan fingerprint density at radius 3 is 2.47 bits per heavy atom. The molecule has 0 saturated carbocycles. The van der Waals surface area contributed by atoms with Crippen LogP contribution in [0.5, 0.6) is 0 Å². The van der Waals surface area contributed by atoms with Crippen LogP contribution in [0.25, 0.3) is 0 Å². The van der Waals surface area contributed by atoms with Gasteiger partial charge in [0.25, 0.3) is 0 Å². The van der Waals surface area contributed by atoms with Gasteiger partial charge in [-0.05, 0) is 58.0 Å². The zero-order valence-electron chi connectivity index (χ0n) is 9.11. The maximum atomic E-state index is 12.7. The van der Waals surface area contributed by atoms with Crippen LogP contribution >= 0.6 is 22.6 Å². The van der Waals surface area contributed by atoms with Gasteiger partial charge in [-0.25, -0.2) is 4.39 Å². The van der Waals surface area contributed by atoms with Gasteiger partial charge in [0.2, 0.25) is 0 Å². The first-order valence-corrected chi connectivity index (χ1v) is 6.41. The summed E-state index contributed by atoms with van der Waals surface area (Å²) in [5.74, 6) is -0.252. The van der Waals surface area contributed by atoms with Crippen LogP contribution in [0, 0.1) is 9.39 Å². The van der Waals surface area contributed by atoms with E-state index in [1.54, 1.807) is 12.1 Å². The third kappa shape index (κ3) is 3.51. The molecule has 0 radical (unpaired) electrons. The zero-order chi connectivity index (χ0) is 12.3. The lowest BCUT2D eigenvalue weighted by Crippen LogP contribution is -2.02. The summed E-state index contributed by atoms with van der Waals surface area (Å²) in [7, 11) is 0. The Hall–Kier alpha value is -0.940. The molecule has 0 fully saturated rings. The molecule has 0 aromatic heterocycles. The molecule has 1 unspecified atom stereocenters. The normalized spacial score (nSPS) is 12.4. The number of aliphatic hydroxyl groups is 1. The van der Waals surface area contributed by atoms with Gasteiger partial charge in [0, 0.05) is 9.99 Å². The molecule has 0 saturated heterocycles. The van der Waals surface area contributed by atoms with E-state index in [1.807, 2.05) is 24.3 Å². The molecule has 0 amide bonds. The van der Waals surface area contributed by atoms with E-state index in [0.29, 0.717) is 6.42 Å². The van der Waals surface area contributed by atoms with Gasteiger partial charge in [0.15, 0.2) is 0 Å². The second-order valence-corrected chi connectivity index (χ2v) is 5.15. The highest BCUT2D eigenvalue weighted by molar-refractivity contribution is 14.1. The zero-order valence-corrected chi connectivity index (χ0v) is 11.3. The van der Waals surface area contributed by atoms with Crippen molar-refractivity contribution in [3.8, 4) is 0 Å². The Morgan fingerprint density at radius 1 is 1.12 bits per heavy atom. The molecular weight excluding hydrogens is 330 g/mol. The van der Waals surface area contributed by atoms with Crippen LogP contribution in [0.2, 0.25) is 0 Å². The van der Waals surface area contributed by atoms with Crippen LogP contribution in [-0.2, 0) is 6.42 Å². The molecule has 1 atom stereocenters. The predicted molar refractivity (Wildman–Crippen MR) is 74.2 cm³/mol. The van der Waals surface area contributed by atoms with Crippen LogP contribution < -0.4 is 0 Å². The molecule has 3 heteroatoms. The number of hydrogen-bond donors (Lipinski definition) is 1. The predicted octanol–water partition coefficient (Wildman–Crippen LogP) is 3.71. The topological polar surface area (TPSA) is 20.2 Å². The van der Waals surface area contributed by atoms with Crippen LogP contribution in [0.4, 0.5) is 4.39 Å². The first-order chi connectivity index (χ1) is 8.15. The smallest absolute Gasteiger partial charge is 0.123 e. The molecule has 0 aliphatic carbocycles. The molecule has 2 aromatic carbocycles. The Kier molecular flexibility index (Phi) is 4.12. The monoisotopic (exact) mass is 342 g/mol. The van der Waals surface area contributed by atoms with Crippen LogP contribution in [0.15, 0.2) is 48.5 Å². The van der Waals surface area contributed by atoms with Crippen molar-refractivity contribution in [2.24, 2.45) is 0 Å². The fourth-order valence-corrected chi connectivity index (χ4v) is 2.24.